The smallest absolute Gasteiger partial charge is 0.191 e. The Balaban J connectivity index is 1.74. The average molecular weight is 343 g/mol. The molecule has 3 rings (SSSR count). The van der Waals surface area contributed by atoms with Crippen LogP contribution in [0.2, 0.25) is 0 Å². The van der Waals surface area contributed by atoms with Crippen molar-refractivity contribution in [3.63, 3.8) is 0 Å². The van der Waals surface area contributed by atoms with E-state index in [0.717, 1.165) is 41.8 Å². The molecular weight excluding hydrogens is 322 g/mol. The second kappa shape index (κ2) is 7.57. The van der Waals surface area contributed by atoms with Gasteiger partial charge in [-0.1, -0.05) is 49.4 Å². The molecule has 0 radical (unpaired) electrons. The third-order valence-electron chi connectivity index (χ3n) is 3.88. The summed E-state index contributed by atoms with van der Waals surface area (Å²) in [7, 11) is 1.99. The second-order valence-corrected chi connectivity index (χ2v) is 6.58. The van der Waals surface area contributed by atoms with Crippen molar-refractivity contribution in [2.24, 2.45) is 7.05 Å². The summed E-state index contributed by atoms with van der Waals surface area (Å²) in [5.41, 5.74) is 2.29. The molecule has 2 aromatic heterocycles. The van der Waals surface area contributed by atoms with Gasteiger partial charge in [0, 0.05) is 19.2 Å². The summed E-state index contributed by atoms with van der Waals surface area (Å²) in [5.74, 6) is 2.42. The molecule has 3 aromatic rings. The quantitative estimate of drug-likeness (QED) is 0.614. The zero-order chi connectivity index (χ0) is 16.9. The van der Waals surface area contributed by atoms with E-state index in [1.165, 1.54) is 5.56 Å². The number of tetrazole rings is 1. The topological polar surface area (TPSA) is 74.3 Å². The van der Waals surface area contributed by atoms with Gasteiger partial charge in [0.25, 0.3) is 0 Å². The number of aromatic nitrogens is 7. The molecule has 126 valence electrons. The van der Waals surface area contributed by atoms with E-state index in [1.807, 2.05) is 28.4 Å². The molecule has 0 fully saturated rings. The highest BCUT2D eigenvalue weighted by Gasteiger charge is 2.14. The minimum Gasteiger partial charge on any atom is -0.305 e. The highest BCUT2D eigenvalue weighted by Crippen LogP contribution is 2.26. The zero-order valence-corrected chi connectivity index (χ0v) is 15.0. The van der Waals surface area contributed by atoms with Gasteiger partial charge in [0.2, 0.25) is 0 Å². The largest absolute Gasteiger partial charge is 0.305 e. The number of unbranched alkanes of at least 4 members (excludes halogenated alkanes) is 1. The lowest BCUT2D eigenvalue weighted by Gasteiger charge is -2.06. The number of nitrogens with zero attached hydrogens (tertiary/aromatic N) is 7. The molecule has 24 heavy (non-hydrogen) atoms. The minimum atomic E-state index is 0.677. The van der Waals surface area contributed by atoms with Gasteiger partial charge in [-0.05, 0) is 29.3 Å². The van der Waals surface area contributed by atoms with Crippen LogP contribution in [0.4, 0.5) is 0 Å². The molecule has 0 aliphatic carbocycles. The van der Waals surface area contributed by atoms with Crippen molar-refractivity contribution in [1.82, 2.24) is 35.0 Å². The van der Waals surface area contributed by atoms with Crippen molar-refractivity contribution >= 4 is 11.8 Å². The van der Waals surface area contributed by atoms with Crippen molar-refractivity contribution in [3.8, 4) is 11.4 Å². The molecular formula is C16H21N7S. The van der Waals surface area contributed by atoms with E-state index in [4.69, 9.17) is 0 Å². The lowest BCUT2D eigenvalue weighted by molar-refractivity contribution is 0.540. The van der Waals surface area contributed by atoms with Crippen LogP contribution in [0.5, 0.6) is 0 Å². The van der Waals surface area contributed by atoms with Gasteiger partial charge in [-0.25, -0.2) is 4.68 Å². The Bertz CT molecular complexity index is 808. The molecule has 1 aromatic carbocycles. The fraction of sp³-hybridized carbons (Fsp3) is 0.438. The normalized spacial score (nSPS) is 11.1. The zero-order valence-electron chi connectivity index (χ0n) is 14.2. The van der Waals surface area contributed by atoms with Crippen molar-refractivity contribution < 1.29 is 0 Å². The predicted molar refractivity (Wildman–Crippen MR) is 93.5 cm³/mol. The van der Waals surface area contributed by atoms with E-state index in [1.54, 1.807) is 11.8 Å². The van der Waals surface area contributed by atoms with E-state index in [9.17, 15) is 0 Å². The maximum absolute atomic E-state index is 4.35. The molecule has 0 unspecified atom stereocenters. The number of thioether (sulfide) groups is 1. The average Bonchev–Trinajstić information content (AvgIpc) is 3.18. The molecule has 0 aliphatic rings. The van der Waals surface area contributed by atoms with Crippen LogP contribution in [0.25, 0.3) is 11.4 Å². The van der Waals surface area contributed by atoms with E-state index >= 15 is 0 Å². The lowest BCUT2D eigenvalue weighted by Crippen LogP contribution is -2.05. The van der Waals surface area contributed by atoms with E-state index < -0.39 is 0 Å². The summed E-state index contributed by atoms with van der Waals surface area (Å²) in [6.07, 6.45) is 2.19. The maximum atomic E-state index is 4.35. The van der Waals surface area contributed by atoms with Gasteiger partial charge in [-0.3, -0.25) is 0 Å². The first-order chi connectivity index (χ1) is 11.7. The summed E-state index contributed by atoms with van der Waals surface area (Å²) >= 11 is 1.60. The van der Waals surface area contributed by atoms with Crippen molar-refractivity contribution in [3.05, 3.63) is 35.7 Å². The third kappa shape index (κ3) is 3.48. The molecule has 0 saturated heterocycles. The Morgan fingerprint density at radius 1 is 1.12 bits per heavy atom. The van der Waals surface area contributed by atoms with Crippen molar-refractivity contribution in [2.75, 3.05) is 0 Å². The molecule has 0 atom stereocenters. The molecule has 8 heteroatoms. The van der Waals surface area contributed by atoms with E-state index in [-0.39, 0.29) is 0 Å². The van der Waals surface area contributed by atoms with Gasteiger partial charge < -0.3 is 4.57 Å². The van der Waals surface area contributed by atoms with E-state index in [0.29, 0.717) is 5.75 Å². The molecule has 0 amide bonds. The van der Waals surface area contributed by atoms with Crippen LogP contribution >= 0.6 is 11.8 Å². The highest BCUT2D eigenvalue weighted by molar-refractivity contribution is 7.98. The summed E-state index contributed by atoms with van der Waals surface area (Å²) in [6.45, 7) is 5.09. The molecule has 0 aliphatic heterocycles. The van der Waals surface area contributed by atoms with Gasteiger partial charge in [-0.2, -0.15) is 0 Å². The van der Waals surface area contributed by atoms with Crippen LogP contribution in [0.15, 0.2) is 29.4 Å². The van der Waals surface area contributed by atoms with Crippen molar-refractivity contribution in [2.45, 2.75) is 44.1 Å². The molecule has 0 N–H and O–H groups in total. The third-order valence-corrected chi connectivity index (χ3v) is 4.90. The molecule has 0 bridgehead atoms. The highest BCUT2D eigenvalue weighted by atomic mass is 32.2. The lowest BCUT2D eigenvalue weighted by atomic mass is 10.1. The fourth-order valence-corrected chi connectivity index (χ4v) is 3.28. The summed E-state index contributed by atoms with van der Waals surface area (Å²) in [5, 5.41) is 21.5. The van der Waals surface area contributed by atoms with Crippen LogP contribution in [-0.2, 0) is 19.3 Å². The van der Waals surface area contributed by atoms with Crippen LogP contribution in [0.1, 0.15) is 31.2 Å². The van der Waals surface area contributed by atoms with Crippen LogP contribution in [0.3, 0.4) is 0 Å². The second-order valence-electron chi connectivity index (χ2n) is 5.64. The monoisotopic (exact) mass is 343 g/mol. The summed E-state index contributed by atoms with van der Waals surface area (Å²) < 4.78 is 3.89. The van der Waals surface area contributed by atoms with Crippen LogP contribution in [-0.4, -0.2) is 35.0 Å². The molecule has 0 spiro atoms. The van der Waals surface area contributed by atoms with Gasteiger partial charge in [0.15, 0.2) is 16.8 Å². The van der Waals surface area contributed by atoms with Gasteiger partial charge in [0.05, 0.1) is 5.75 Å². The molecule has 2 heterocycles. The Hall–Kier alpha value is -2.22. The standard InChI is InChI=1S/C16H21N7S/c1-4-5-10-23-14(17-20-21-23)11-24-16-19-18-15(22(16)3)13-9-7-6-8-12(13)2/h6-9H,4-5,10-11H2,1-3H3. The first kappa shape index (κ1) is 16.6. The predicted octanol–water partition coefficient (Wildman–Crippen LogP) is 2.87. The Morgan fingerprint density at radius 2 is 1.96 bits per heavy atom. The van der Waals surface area contributed by atoms with E-state index in [2.05, 4.69) is 51.7 Å². The van der Waals surface area contributed by atoms with Gasteiger partial charge >= 0.3 is 0 Å². The Morgan fingerprint density at radius 3 is 2.75 bits per heavy atom. The maximum Gasteiger partial charge on any atom is 0.191 e. The van der Waals surface area contributed by atoms with Gasteiger partial charge in [0.1, 0.15) is 0 Å². The van der Waals surface area contributed by atoms with Crippen LogP contribution in [0, 0.1) is 6.92 Å². The Kier molecular flexibility index (Phi) is 5.24. The fourth-order valence-electron chi connectivity index (χ4n) is 2.44. The van der Waals surface area contributed by atoms with Crippen molar-refractivity contribution in [1.29, 1.82) is 0 Å². The minimum absolute atomic E-state index is 0.677. The number of hydrogen-bond donors (Lipinski definition) is 0. The summed E-state index contributed by atoms with van der Waals surface area (Å²) in [6, 6.07) is 8.20. The SMILES string of the molecule is CCCCn1nnnc1CSc1nnc(-c2ccccc2C)n1C. The number of benzene rings is 1. The Labute approximate surface area is 145 Å². The van der Waals surface area contributed by atoms with Crippen LogP contribution < -0.4 is 0 Å². The first-order valence-corrected chi connectivity index (χ1v) is 9.02. The molecule has 0 saturated carbocycles. The van der Waals surface area contributed by atoms with Gasteiger partial charge in [-0.15, -0.1) is 15.3 Å². The number of aryl methyl sites for hydroxylation is 2. The molecule has 7 nitrogen and oxygen atoms in total. The first-order valence-electron chi connectivity index (χ1n) is 8.04. The number of hydrogen-bond acceptors (Lipinski definition) is 6. The summed E-state index contributed by atoms with van der Waals surface area (Å²) in [4.78, 5) is 0. The number of rotatable bonds is 7.